The maximum atomic E-state index is 13.5. The number of amides is 2. The van der Waals surface area contributed by atoms with E-state index in [1.807, 2.05) is 0 Å². The van der Waals surface area contributed by atoms with Crippen molar-refractivity contribution in [3.05, 3.63) is 64.9 Å². The Morgan fingerprint density at radius 2 is 1.79 bits per heavy atom. The quantitative estimate of drug-likeness (QED) is 0.871. The Morgan fingerprint density at radius 1 is 1.12 bits per heavy atom. The molecule has 0 aromatic heterocycles. The summed E-state index contributed by atoms with van der Waals surface area (Å²) in [5, 5.41) is 3.09. The average Bonchev–Trinajstić information content (AvgIpc) is 2.55. The van der Waals surface area contributed by atoms with Crippen LogP contribution in [-0.4, -0.2) is 24.9 Å². The van der Waals surface area contributed by atoms with Crippen molar-refractivity contribution in [2.24, 2.45) is 0 Å². The van der Waals surface area contributed by atoms with Crippen molar-refractivity contribution in [2.75, 3.05) is 18.0 Å². The zero-order valence-electron chi connectivity index (χ0n) is 13.3. The van der Waals surface area contributed by atoms with E-state index in [2.05, 4.69) is 5.32 Å². The fraction of sp³-hybridized carbons (Fsp3) is 0.222. The first kappa shape index (κ1) is 17.9. The van der Waals surface area contributed by atoms with Gasteiger partial charge in [0.05, 0.1) is 10.7 Å². The molecular formula is C18H18ClFN2O2. The van der Waals surface area contributed by atoms with Crippen molar-refractivity contribution in [2.45, 2.75) is 13.3 Å². The third kappa shape index (κ3) is 4.80. The lowest BCUT2D eigenvalue weighted by Gasteiger charge is -2.21. The first-order valence-corrected chi connectivity index (χ1v) is 7.89. The van der Waals surface area contributed by atoms with Crippen LogP contribution in [-0.2, 0) is 16.0 Å². The summed E-state index contributed by atoms with van der Waals surface area (Å²) in [5.41, 5.74) is 1.02. The van der Waals surface area contributed by atoms with Crippen LogP contribution in [0.25, 0.3) is 0 Å². The average molecular weight is 349 g/mol. The normalized spacial score (nSPS) is 10.3. The van der Waals surface area contributed by atoms with Crippen molar-refractivity contribution in [1.29, 1.82) is 0 Å². The highest BCUT2D eigenvalue weighted by atomic mass is 35.5. The Hall–Kier alpha value is -2.40. The second-order valence-electron chi connectivity index (χ2n) is 5.25. The molecule has 6 heteroatoms. The molecule has 126 valence electrons. The molecule has 0 saturated carbocycles. The molecule has 0 aliphatic carbocycles. The van der Waals surface area contributed by atoms with Gasteiger partial charge in [-0.15, -0.1) is 0 Å². The number of nitrogens with zero attached hydrogens (tertiary/aromatic N) is 1. The number of para-hydroxylation sites is 1. The fourth-order valence-electron chi connectivity index (χ4n) is 2.27. The smallest absolute Gasteiger partial charge is 0.240 e. The molecule has 0 unspecified atom stereocenters. The monoisotopic (exact) mass is 348 g/mol. The van der Waals surface area contributed by atoms with Gasteiger partial charge < -0.3 is 10.2 Å². The molecule has 2 rings (SSSR count). The molecular weight excluding hydrogens is 331 g/mol. The Morgan fingerprint density at radius 3 is 2.46 bits per heavy atom. The van der Waals surface area contributed by atoms with Gasteiger partial charge in [-0.1, -0.05) is 41.9 Å². The molecule has 1 N–H and O–H groups in total. The molecule has 0 spiro atoms. The molecule has 0 radical (unpaired) electrons. The predicted molar refractivity (Wildman–Crippen MR) is 92.6 cm³/mol. The molecule has 0 bridgehead atoms. The lowest BCUT2D eigenvalue weighted by atomic mass is 10.1. The Labute approximate surface area is 145 Å². The number of benzene rings is 2. The van der Waals surface area contributed by atoms with Crippen LogP contribution in [0.15, 0.2) is 48.5 Å². The molecule has 2 amide bonds. The highest BCUT2D eigenvalue weighted by molar-refractivity contribution is 6.33. The minimum Gasteiger partial charge on any atom is -0.354 e. The summed E-state index contributed by atoms with van der Waals surface area (Å²) in [6, 6.07) is 13.2. The van der Waals surface area contributed by atoms with Gasteiger partial charge in [0.25, 0.3) is 0 Å². The first-order chi connectivity index (χ1) is 11.5. The molecule has 2 aromatic carbocycles. The second kappa shape index (κ2) is 8.45. The largest absolute Gasteiger partial charge is 0.354 e. The number of anilines is 1. The Kier molecular flexibility index (Phi) is 6.32. The summed E-state index contributed by atoms with van der Waals surface area (Å²) in [4.78, 5) is 25.2. The van der Waals surface area contributed by atoms with Crippen molar-refractivity contribution in [1.82, 2.24) is 5.32 Å². The van der Waals surface area contributed by atoms with Gasteiger partial charge in [0.1, 0.15) is 12.4 Å². The highest BCUT2D eigenvalue weighted by Gasteiger charge is 2.17. The molecule has 0 atom stereocenters. The van der Waals surface area contributed by atoms with E-state index in [1.165, 1.54) is 17.9 Å². The lowest BCUT2D eigenvalue weighted by molar-refractivity contribution is -0.123. The van der Waals surface area contributed by atoms with E-state index in [9.17, 15) is 14.0 Å². The zero-order valence-corrected chi connectivity index (χ0v) is 14.0. The molecule has 0 heterocycles. The molecule has 2 aromatic rings. The number of halogens is 2. The van der Waals surface area contributed by atoms with E-state index in [-0.39, 0.29) is 30.7 Å². The summed E-state index contributed by atoms with van der Waals surface area (Å²) in [7, 11) is 0. The van der Waals surface area contributed by atoms with E-state index in [0.29, 0.717) is 22.7 Å². The van der Waals surface area contributed by atoms with Gasteiger partial charge in [-0.05, 0) is 30.2 Å². The van der Waals surface area contributed by atoms with E-state index in [4.69, 9.17) is 11.6 Å². The zero-order chi connectivity index (χ0) is 17.5. The minimum absolute atomic E-state index is 0.143. The van der Waals surface area contributed by atoms with Crippen LogP contribution < -0.4 is 10.2 Å². The Balaban J connectivity index is 1.93. The van der Waals surface area contributed by atoms with Crippen LogP contribution >= 0.6 is 11.6 Å². The van der Waals surface area contributed by atoms with Gasteiger partial charge in [-0.25, -0.2) is 4.39 Å². The summed E-state index contributed by atoms with van der Waals surface area (Å²) in [5.74, 6) is -0.915. The van der Waals surface area contributed by atoms with Crippen LogP contribution in [0.5, 0.6) is 0 Å². The van der Waals surface area contributed by atoms with Crippen LogP contribution in [0.2, 0.25) is 5.02 Å². The van der Waals surface area contributed by atoms with Crippen LogP contribution in [0.4, 0.5) is 10.1 Å². The molecule has 0 fully saturated rings. The van der Waals surface area contributed by atoms with Crippen molar-refractivity contribution in [3.8, 4) is 0 Å². The van der Waals surface area contributed by atoms with Crippen LogP contribution in [0.1, 0.15) is 12.5 Å². The molecule has 4 nitrogen and oxygen atoms in total. The van der Waals surface area contributed by atoms with Crippen LogP contribution in [0, 0.1) is 5.82 Å². The number of carbonyl (C=O) groups is 2. The summed E-state index contributed by atoms with van der Waals surface area (Å²) in [6.07, 6.45) is 0.380. The molecule has 0 aliphatic heterocycles. The second-order valence-corrected chi connectivity index (χ2v) is 5.66. The highest BCUT2D eigenvalue weighted by Crippen LogP contribution is 2.25. The Bertz CT molecular complexity index is 736. The van der Waals surface area contributed by atoms with E-state index in [0.717, 1.165) is 0 Å². The fourth-order valence-corrected chi connectivity index (χ4v) is 2.51. The van der Waals surface area contributed by atoms with E-state index in [1.54, 1.807) is 42.5 Å². The standard InChI is InChI=1S/C18H18ClFN2O2/c1-13(23)22(17-9-5-3-7-15(17)19)12-18(24)21-11-10-14-6-2-4-8-16(14)20/h2-9H,10-12H2,1H3,(H,21,24). The SMILES string of the molecule is CC(=O)N(CC(=O)NCCc1ccccc1F)c1ccccc1Cl. The van der Waals surface area contributed by atoms with Crippen molar-refractivity contribution < 1.29 is 14.0 Å². The number of hydrogen-bond donors (Lipinski definition) is 1. The van der Waals surface area contributed by atoms with Crippen molar-refractivity contribution >= 4 is 29.1 Å². The maximum Gasteiger partial charge on any atom is 0.240 e. The minimum atomic E-state index is -0.332. The summed E-state index contributed by atoms with van der Waals surface area (Å²) < 4.78 is 13.5. The van der Waals surface area contributed by atoms with Gasteiger partial charge in [0, 0.05) is 13.5 Å². The van der Waals surface area contributed by atoms with Gasteiger partial charge in [-0.3, -0.25) is 9.59 Å². The predicted octanol–water partition coefficient (Wildman–Crippen LogP) is 3.19. The first-order valence-electron chi connectivity index (χ1n) is 7.52. The summed E-state index contributed by atoms with van der Waals surface area (Å²) in [6.45, 7) is 1.51. The number of nitrogens with one attached hydrogen (secondary N) is 1. The third-order valence-electron chi connectivity index (χ3n) is 3.50. The van der Waals surface area contributed by atoms with Gasteiger partial charge >= 0.3 is 0 Å². The maximum absolute atomic E-state index is 13.5. The topological polar surface area (TPSA) is 49.4 Å². The molecule has 0 aliphatic rings. The van der Waals surface area contributed by atoms with Gasteiger partial charge in [-0.2, -0.15) is 0 Å². The van der Waals surface area contributed by atoms with Crippen molar-refractivity contribution in [3.63, 3.8) is 0 Å². The number of rotatable bonds is 6. The van der Waals surface area contributed by atoms with Gasteiger partial charge in [0.2, 0.25) is 11.8 Å². The third-order valence-corrected chi connectivity index (χ3v) is 3.82. The number of hydrogen-bond acceptors (Lipinski definition) is 2. The lowest BCUT2D eigenvalue weighted by Crippen LogP contribution is -2.40. The number of carbonyl (C=O) groups excluding carboxylic acids is 2. The van der Waals surface area contributed by atoms with E-state index < -0.39 is 0 Å². The molecule has 24 heavy (non-hydrogen) atoms. The van der Waals surface area contributed by atoms with Crippen LogP contribution in [0.3, 0.4) is 0 Å². The molecule has 0 saturated heterocycles. The van der Waals surface area contributed by atoms with Gasteiger partial charge in [0.15, 0.2) is 0 Å². The summed E-state index contributed by atoms with van der Waals surface area (Å²) >= 11 is 6.08. The van der Waals surface area contributed by atoms with E-state index >= 15 is 0 Å².